The predicted molar refractivity (Wildman–Crippen MR) is 96.9 cm³/mol. The average Bonchev–Trinajstić information content (AvgIpc) is 3.01. The summed E-state index contributed by atoms with van der Waals surface area (Å²) < 4.78 is 2.02. The van der Waals surface area contributed by atoms with E-state index in [0.717, 1.165) is 34.6 Å². The van der Waals surface area contributed by atoms with E-state index >= 15 is 0 Å². The summed E-state index contributed by atoms with van der Waals surface area (Å²) in [4.78, 5) is 16.6. The van der Waals surface area contributed by atoms with Crippen LogP contribution in [0.1, 0.15) is 25.3 Å². The molecule has 2 aromatic heterocycles. The third-order valence-electron chi connectivity index (χ3n) is 4.06. The molecule has 1 amide bonds. The lowest BCUT2D eigenvalue weighted by Crippen LogP contribution is -2.35. The van der Waals surface area contributed by atoms with Gasteiger partial charge in [0.2, 0.25) is 5.91 Å². The van der Waals surface area contributed by atoms with Crippen LogP contribution in [0.5, 0.6) is 0 Å². The second-order valence-electron chi connectivity index (χ2n) is 6.01. The van der Waals surface area contributed by atoms with Crippen molar-refractivity contribution in [2.45, 2.75) is 32.7 Å². The minimum atomic E-state index is -0.462. The van der Waals surface area contributed by atoms with E-state index in [1.807, 2.05) is 67.0 Å². The zero-order valence-electron chi connectivity index (χ0n) is 14.0. The van der Waals surface area contributed by atoms with Crippen LogP contribution >= 0.6 is 0 Å². The van der Waals surface area contributed by atoms with Gasteiger partial charge in [-0.2, -0.15) is 0 Å². The fourth-order valence-electron chi connectivity index (χ4n) is 2.69. The van der Waals surface area contributed by atoms with Gasteiger partial charge in [-0.1, -0.05) is 31.5 Å². The Labute approximate surface area is 141 Å². The summed E-state index contributed by atoms with van der Waals surface area (Å²) in [5.41, 5.74) is 10.6. The number of fused-ring (bicyclic) bond motifs is 1. The van der Waals surface area contributed by atoms with Crippen LogP contribution in [0.25, 0.3) is 16.9 Å². The number of amides is 1. The Morgan fingerprint density at radius 3 is 2.71 bits per heavy atom. The van der Waals surface area contributed by atoms with Crippen molar-refractivity contribution in [3.05, 3.63) is 54.4 Å². The molecule has 1 aromatic carbocycles. The molecule has 0 saturated heterocycles. The van der Waals surface area contributed by atoms with Crippen LogP contribution in [0.4, 0.5) is 5.69 Å². The number of aromatic nitrogens is 2. The Morgan fingerprint density at radius 1 is 1.29 bits per heavy atom. The number of nitrogens with zero attached hydrogens (tertiary/aromatic N) is 2. The van der Waals surface area contributed by atoms with Crippen LogP contribution in [0.15, 0.2) is 48.8 Å². The lowest BCUT2D eigenvalue weighted by molar-refractivity contribution is -0.117. The summed E-state index contributed by atoms with van der Waals surface area (Å²) in [6.45, 7) is 4.06. The highest BCUT2D eigenvalue weighted by molar-refractivity contribution is 5.94. The Hall–Kier alpha value is -2.66. The smallest absolute Gasteiger partial charge is 0.241 e. The predicted octanol–water partition coefficient (Wildman–Crippen LogP) is 3.38. The first kappa shape index (κ1) is 16.2. The number of hydrogen-bond acceptors (Lipinski definition) is 3. The number of rotatable bonds is 5. The number of imidazole rings is 1. The van der Waals surface area contributed by atoms with Gasteiger partial charge in [-0.3, -0.25) is 4.79 Å². The third-order valence-corrected chi connectivity index (χ3v) is 4.06. The summed E-state index contributed by atoms with van der Waals surface area (Å²) >= 11 is 0. The van der Waals surface area contributed by atoms with E-state index in [1.165, 1.54) is 0 Å². The van der Waals surface area contributed by atoms with Crippen molar-refractivity contribution in [1.29, 1.82) is 0 Å². The molecule has 0 bridgehead atoms. The van der Waals surface area contributed by atoms with Crippen molar-refractivity contribution in [1.82, 2.24) is 9.38 Å². The third kappa shape index (κ3) is 3.31. The minimum Gasteiger partial charge on any atom is -0.325 e. The van der Waals surface area contributed by atoms with Crippen LogP contribution in [-0.2, 0) is 4.79 Å². The molecule has 0 spiro atoms. The van der Waals surface area contributed by atoms with Gasteiger partial charge in [0.05, 0.1) is 11.7 Å². The van der Waals surface area contributed by atoms with E-state index in [2.05, 4.69) is 10.3 Å². The number of pyridine rings is 1. The van der Waals surface area contributed by atoms with Crippen LogP contribution in [0, 0.1) is 6.92 Å². The fourth-order valence-corrected chi connectivity index (χ4v) is 2.69. The highest BCUT2D eigenvalue weighted by Gasteiger charge is 2.12. The highest BCUT2D eigenvalue weighted by atomic mass is 16.2. The maximum atomic E-state index is 12.0. The molecule has 2 heterocycles. The first-order valence-electron chi connectivity index (χ1n) is 8.19. The topological polar surface area (TPSA) is 72.4 Å². The summed E-state index contributed by atoms with van der Waals surface area (Å²) in [7, 11) is 0. The number of benzene rings is 1. The van der Waals surface area contributed by atoms with Crippen LogP contribution in [0.3, 0.4) is 0 Å². The second-order valence-corrected chi connectivity index (χ2v) is 6.01. The minimum absolute atomic E-state index is 0.145. The van der Waals surface area contributed by atoms with E-state index < -0.39 is 6.04 Å². The van der Waals surface area contributed by atoms with Crippen molar-refractivity contribution in [2.75, 3.05) is 5.32 Å². The van der Waals surface area contributed by atoms with Gasteiger partial charge in [-0.15, -0.1) is 0 Å². The first-order valence-corrected chi connectivity index (χ1v) is 8.19. The molecular weight excluding hydrogens is 300 g/mol. The highest BCUT2D eigenvalue weighted by Crippen LogP contribution is 2.22. The molecule has 124 valence electrons. The Bertz CT molecular complexity index is 851. The number of nitrogens with two attached hydrogens (primary N) is 1. The van der Waals surface area contributed by atoms with Gasteiger partial charge in [0.25, 0.3) is 0 Å². The lowest BCUT2D eigenvalue weighted by Gasteiger charge is -2.11. The number of hydrogen-bond donors (Lipinski definition) is 2. The average molecular weight is 322 g/mol. The molecule has 5 nitrogen and oxygen atoms in total. The van der Waals surface area contributed by atoms with Crippen molar-refractivity contribution in [3.63, 3.8) is 0 Å². The van der Waals surface area contributed by atoms with E-state index in [1.54, 1.807) is 0 Å². The van der Waals surface area contributed by atoms with Crippen LogP contribution in [-0.4, -0.2) is 21.3 Å². The largest absolute Gasteiger partial charge is 0.325 e. The quantitative estimate of drug-likeness (QED) is 0.756. The van der Waals surface area contributed by atoms with Gasteiger partial charge in [-0.05, 0) is 37.1 Å². The molecule has 1 atom stereocenters. The van der Waals surface area contributed by atoms with Gasteiger partial charge in [-0.25, -0.2) is 4.98 Å². The Kier molecular flexibility index (Phi) is 4.62. The number of nitrogens with one attached hydrogen (secondary N) is 1. The molecule has 0 saturated carbocycles. The monoisotopic (exact) mass is 322 g/mol. The van der Waals surface area contributed by atoms with Crippen LogP contribution < -0.4 is 11.1 Å². The molecule has 0 aliphatic rings. The molecular formula is C19H22N4O. The summed E-state index contributed by atoms with van der Waals surface area (Å²) in [6.07, 6.45) is 5.57. The van der Waals surface area contributed by atoms with E-state index in [4.69, 9.17) is 5.73 Å². The fraction of sp³-hybridized carbons (Fsp3) is 0.263. The molecule has 3 aromatic rings. The van der Waals surface area contributed by atoms with Gasteiger partial charge >= 0.3 is 0 Å². The first-order chi connectivity index (χ1) is 11.6. The number of carbonyl (C=O) groups is 1. The molecule has 24 heavy (non-hydrogen) atoms. The molecule has 0 radical (unpaired) electrons. The van der Waals surface area contributed by atoms with Gasteiger partial charge in [0, 0.05) is 23.6 Å². The number of carbonyl (C=O) groups excluding carboxylic acids is 1. The van der Waals surface area contributed by atoms with Crippen molar-refractivity contribution >= 4 is 17.2 Å². The second kappa shape index (κ2) is 6.84. The Balaban J connectivity index is 1.78. The maximum absolute atomic E-state index is 12.0. The van der Waals surface area contributed by atoms with E-state index in [-0.39, 0.29) is 5.91 Å². The van der Waals surface area contributed by atoms with Crippen LogP contribution in [0.2, 0.25) is 0 Å². The number of anilines is 1. The summed E-state index contributed by atoms with van der Waals surface area (Å²) in [6, 6.07) is 11.3. The normalized spacial score (nSPS) is 12.3. The zero-order valence-corrected chi connectivity index (χ0v) is 14.0. The standard InChI is InChI=1S/C19H22N4O/c1-3-5-16(20)19(24)21-15-9-7-14(8-10-15)17-12-23-11-4-6-13(2)18(23)22-17/h4,6-12,16H,3,5,20H2,1-2H3,(H,21,24). The number of aryl methyl sites for hydroxylation is 1. The summed E-state index contributed by atoms with van der Waals surface area (Å²) in [5, 5.41) is 2.85. The molecule has 3 N–H and O–H groups in total. The molecule has 3 rings (SSSR count). The maximum Gasteiger partial charge on any atom is 0.241 e. The van der Waals surface area contributed by atoms with Gasteiger partial charge in [0.1, 0.15) is 5.65 Å². The van der Waals surface area contributed by atoms with E-state index in [9.17, 15) is 4.79 Å². The van der Waals surface area contributed by atoms with Gasteiger partial charge < -0.3 is 15.5 Å². The molecule has 0 fully saturated rings. The van der Waals surface area contributed by atoms with Gasteiger partial charge in [0.15, 0.2) is 0 Å². The summed E-state index contributed by atoms with van der Waals surface area (Å²) in [5.74, 6) is -0.145. The molecule has 1 unspecified atom stereocenters. The van der Waals surface area contributed by atoms with Crippen molar-refractivity contribution in [2.24, 2.45) is 5.73 Å². The molecule has 0 aliphatic carbocycles. The van der Waals surface area contributed by atoms with E-state index in [0.29, 0.717) is 6.42 Å². The van der Waals surface area contributed by atoms with Crippen molar-refractivity contribution < 1.29 is 4.79 Å². The molecule has 0 aliphatic heterocycles. The Morgan fingerprint density at radius 2 is 2.04 bits per heavy atom. The zero-order chi connectivity index (χ0) is 17.1. The molecule has 5 heteroatoms. The lowest BCUT2D eigenvalue weighted by atomic mass is 10.1. The van der Waals surface area contributed by atoms with Crippen molar-refractivity contribution in [3.8, 4) is 11.3 Å². The SMILES string of the molecule is CCCC(N)C(=O)Nc1ccc(-c2cn3cccc(C)c3n2)cc1.